The van der Waals surface area contributed by atoms with Crippen LogP contribution in [-0.2, 0) is 14.3 Å². The number of ether oxygens (including phenoxy) is 2. The van der Waals surface area contributed by atoms with Gasteiger partial charge in [0, 0.05) is 31.7 Å². The molecule has 2 heterocycles. The van der Waals surface area contributed by atoms with Gasteiger partial charge in [0.2, 0.25) is 11.8 Å². The van der Waals surface area contributed by atoms with Crippen LogP contribution in [0.2, 0.25) is 0 Å². The van der Waals surface area contributed by atoms with Crippen LogP contribution in [-0.4, -0.2) is 48.8 Å². The normalized spacial score (nSPS) is 33.4. The molecule has 1 atom stereocenters. The number of likely N-dealkylation sites (tertiary alicyclic amines) is 1. The minimum Gasteiger partial charge on any atom is -0.346 e. The van der Waals surface area contributed by atoms with Gasteiger partial charge in [0.05, 0.1) is 19.8 Å². The molecule has 0 aromatic rings. The number of alkyl halides is 2. The van der Waals surface area contributed by atoms with Gasteiger partial charge in [-0.1, -0.05) is 0 Å². The Balaban J connectivity index is 1.61. The summed E-state index contributed by atoms with van der Waals surface area (Å²) in [4.78, 5) is 13.8. The van der Waals surface area contributed by atoms with E-state index in [1.807, 2.05) is 0 Å². The summed E-state index contributed by atoms with van der Waals surface area (Å²) in [5.41, 5.74) is 0. The molecule has 1 saturated carbocycles. The highest BCUT2D eigenvalue weighted by Gasteiger charge is 2.49. The molecule has 0 radical (unpaired) electrons. The first-order valence-electron chi connectivity index (χ1n) is 6.44. The lowest BCUT2D eigenvalue weighted by Gasteiger charge is -2.24. The molecule has 1 amide bonds. The molecule has 3 fully saturated rings. The molecule has 0 bridgehead atoms. The number of hydrogen-bond donors (Lipinski definition) is 0. The second-order valence-corrected chi connectivity index (χ2v) is 5.41. The summed E-state index contributed by atoms with van der Waals surface area (Å²) in [7, 11) is 0. The van der Waals surface area contributed by atoms with Crippen LogP contribution in [0, 0.1) is 5.92 Å². The van der Waals surface area contributed by atoms with Crippen LogP contribution in [0.25, 0.3) is 0 Å². The molecular weight excluding hydrogens is 244 g/mol. The van der Waals surface area contributed by atoms with Gasteiger partial charge in [-0.15, -0.1) is 0 Å². The van der Waals surface area contributed by atoms with E-state index in [0.29, 0.717) is 32.7 Å². The van der Waals surface area contributed by atoms with Crippen molar-refractivity contribution in [2.45, 2.75) is 37.4 Å². The highest BCUT2D eigenvalue weighted by molar-refractivity contribution is 5.79. The second kappa shape index (κ2) is 4.13. The molecule has 3 aliphatic rings. The summed E-state index contributed by atoms with van der Waals surface area (Å²) < 4.78 is 37.3. The van der Waals surface area contributed by atoms with Gasteiger partial charge in [0.1, 0.15) is 0 Å². The van der Waals surface area contributed by atoms with Gasteiger partial charge in [-0.3, -0.25) is 4.79 Å². The Hall–Kier alpha value is -0.750. The minimum absolute atomic E-state index is 0.164. The van der Waals surface area contributed by atoms with E-state index in [-0.39, 0.29) is 25.2 Å². The van der Waals surface area contributed by atoms with Gasteiger partial charge >= 0.3 is 0 Å². The van der Waals surface area contributed by atoms with Crippen LogP contribution in [0.5, 0.6) is 0 Å². The monoisotopic (exact) mass is 261 g/mol. The molecular formula is C12H17F2NO3. The summed E-state index contributed by atoms with van der Waals surface area (Å²) in [5, 5.41) is 0. The van der Waals surface area contributed by atoms with E-state index < -0.39 is 17.6 Å². The van der Waals surface area contributed by atoms with Gasteiger partial charge in [-0.2, -0.15) is 0 Å². The van der Waals surface area contributed by atoms with Crippen molar-refractivity contribution in [3.8, 4) is 0 Å². The van der Waals surface area contributed by atoms with Gasteiger partial charge < -0.3 is 14.4 Å². The van der Waals surface area contributed by atoms with Crippen molar-refractivity contribution in [1.82, 2.24) is 4.90 Å². The van der Waals surface area contributed by atoms with E-state index in [9.17, 15) is 13.6 Å². The number of halogens is 2. The van der Waals surface area contributed by atoms with Crippen LogP contribution < -0.4 is 0 Å². The predicted molar refractivity (Wildman–Crippen MR) is 58.1 cm³/mol. The maximum atomic E-state index is 13.1. The molecule has 1 spiro atoms. The fourth-order valence-corrected chi connectivity index (χ4v) is 3.09. The summed E-state index contributed by atoms with van der Waals surface area (Å²) in [6, 6.07) is 0. The highest BCUT2D eigenvalue weighted by Crippen LogP contribution is 2.41. The van der Waals surface area contributed by atoms with Crippen LogP contribution in [0.1, 0.15) is 25.7 Å². The first kappa shape index (κ1) is 12.3. The summed E-state index contributed by atoms with van der Waals surface area (Å²) in [5.74, 6) is -4.02. The number of rotatable bonds is 1. The van der Waals surface area contributed by atoms with E-state index in [2.05, 4.69) is 0 Å². The smallest absolute Gasteiger partial charge is 0.248 e. The van der Waals surface area contributed by atoms with Crippen LogP contribution in [0.4, 0.5) is 8.78 Å². The Morgan fingerprint density at radius 3 is 2.56 bits per heavy atom. The third kappa shape index (κ3) is 2.12. The first-order chi connectivity index (χ1) is 8.50. The van der Waals surface area contributed by atoms with Crippen molar-refractivity contribution in [1.29, 1.82) is 0 Å². The lowest BCUT2D eigenvalue weighted by Crippen LogP contribution is -2.39. The first-order valence-corrected chi connectivity index (χ1v) is 6.44. The molecule has 3 rings (SSSR count). The van der Waals surface area contributed by atoms with E-state index in [1.54, 1.807) is 4.90 Å². The van der Waals surface area contributed by atoms with Crippen LogP contribution in [0.3, 0.4) is 0 Å². The third-order valence-electron chi connectivity index (χ3n) is 4.07. The Kier molecular flexibility index (Phi) is 2.82. The molecule has 1 aliphatic carbocycles. The average molecular weight is 261 g/mol. The summed E-state index contributed by atoms with van der Waals surface area (Å²) >= 11 is 0. The molecule has 4 nitrogen and oxygen atoms in total. The maximum absolute atomic E-state index is 13.1. The van der Waals surface area contributed by atoms with Crippen molar-refractivity contribution in [3.63, 3.8) is 0 Å². The van der Waals surface area contributed by atoms with Gasteiger partial charge in [-0.05, 0) is 6.42 Å². The summed E-state index contributed by atoms with van der Waals surface area (Å²) in [6.07, 6.45) is 0.450. The van der Waals surface area contributed by atoms with Gasteiger partial charge in [-0.25, -0.2) is 8.78 Å². The average Bonchev–Trinajstić information content (AvgIpc) is 3.01. The fourth-order valence-electron chi connectivity index (χ4n) is 3.09. The van der Waals surface area contributed by atoms with E-state index in [4.69, 9.17) is 9.47 Å². The van der Waals surface area contributed by atoms with Crippen LogP contribution >= 0.6 is 0 Å². The topological polar surface area (TPSA) is 38.8 Å². The van der Waals surface area contributed by atoms with E-state index >= 15 is 0 Å². The number of nitrogens with zero attached hydrogens (tertiary/aromatic N) is 1. The molecule has 18 heavy (non-hydrogen) atoms. The van der Waals surface area contributed by atoms with Crippen molar-refractivity contribution >= 4 is 5.91 Å². The van der Waals surface area contributed by atoms with Crippen molar-refractivity contribution < 1.29 is 23.0 Å². The SMILES string of the molecule is O=C(C1CCC(F)(F)C1)N1CCC2(C1)OCCO2. The molecule has 6 heteroatoms. The Morgan fingerprint density at radius 2 is 1.94 bits per heavy atom. The minimum atomic E-state index is -2.67. The second-order valence-electron chi connectivity index (χ2n) is 5.41. The molecule has 0 aromatic heterocycles. The fraction of sp³-hybridized carbons (Fsp3) is 0.917. The van der Waals surface area contributed by atoms with Crippen LogP contribution in [0.15, 0.2) is 0 Å². The number of carbonyl (C=O) groups excluding carboxylic acids is 1. The van der Waals surface area contributed by atoms with E-state index in [0.717, 1.165) is 0 Å². The summed E-state index contributed by atoms with van der Waals surface area (Å²) in [6.45, 7) is 2.02. The quantitative estimate of drug-likeness (QED) is 0.716. The van der Waals surface area contributed by atoms with Crippen molar-refractivity contribution in [3.05, 3.63) is 0 Å². The zero-order chi connectivity index (χ0) is 12.8. The zero-order valence-corrected chi connectivity index (χ0v) is 10.2. The standard InChI is InChI=1S/C12H17F2NO3/c13-11(14)2-1-9(7-11)10(16)15-4-3-12(8-15)17-5-6-18-12/h9H,1-8H2. The predicted octanol–water partition coefficient (Wildman–Crippen LogP) is 1.40. The maximum Gasteiger partial charge on any atom is 0.248 e. The number of carbonyl (C=O) groups is 1. The largest absolute Gasteiger partial charge is 0.346 e. The third-order valence-corrected chi connectivity index (χ3v) is 4.07. The molecule has 0 aromatic carbocycles. The zero-order valence-electron chi connectivity index (χ0n) is 10.2. The molecule has 2 aliphatic heterocycles. The Morgan fingerprint density at radius 1 is 1.22 bits per heavy atom. The molecule has 1 unspecified atom stereocenters. The Labute approximate surface area is 104 Å². The van der Waals surface area contributed by atoms with Gasteiger partial charge in [0.25, 0.3) is 0 Å². The molecule has 2 saturated heterocycles. The lowest BCUT2D eigenvalue weighted by atomic mass is 10.1. The highest BCUT2D eigenvalue weighted by atomic mass is 19.3. The lowest BCUT2D eigenvalue weighted by molar-refractivity contribution is -0.154. The molecule has 0 N–H and O–H groups in total. The van der Waals surface area contributed by atoms with Crippen molar-refractivity contribution in [2.24, 2.45) is 5.92 Å². The number of hydrogen-bond acceptors (Lipinski definition) is 3. The molecule has 102 valence electrons. The van der Waals surface area contributed by atoms with Gasteiger partial charge in [0.15, 0.2) is 5.79 Å². The van der Waals surface area contributed by atoms with E-state index in [1.165, 1.54) is 0 Å². The van der Waals surface area contributed by atoms with Crippen molar-refractivity contribution in [2.75, 3.05) is 26.3 Å². The number of amides is 1. The Bertz CT molecular complexity index is 355.